The monoisotopic (exact) mass is 402 g/mol. The van der Waals surface area contributed by atoms with Gasteiger partial charge in [0, 0.05) is 12.4 Å². The van der Waals surface area contributed by atoms with Crippen LogP contribution in [0.5, 0.6) is 11.5 Å². The molecule has 0 radical (unpaired) electrons. The van der Waals surface area contributed by atoms with Gasteiger partial charge in [0.05, 0.1) is 13.1 Å². The maximum Gasteiger partial charge on any atom is 0.451 e. The summed E-state index contributed by atoms with van der Waals surface area (Å²) < 4.78 is 5.71. The summed E-state index contributed by atoms with van der Waals surface area (Å²) in [7, 11) is -1.56. The van der Waals surface area contributed by atoms with Gasteiger partial charge in [-0.25, -0.2) is 14.8 Å². The lowest BCUT2D eigenvalue weighted by molar-refractivity contribution is 0.0585. The molecule has 0 bridgehead atoms. The molecule has 0 atom stereocenters. The topological polar surface area (TPSA) is 169 Å². The van der Waals surface area contributed by atoms with Gasteiger partial charge >= 0.3 is 13.1 Å². The van der Waals surface area contributed by atoms with E-state index >= 15 is 0 Å². The fraction of sp³-hybridized carbons (Fsp3) is 0.294. The van der Waals surface area contributed by atoms with Crippen LogP contribution in [0.4, 0.5) is 0 Å². The van der Waals surface area contributed by atoms with Crippen LogP contribution in [0.2, 0.25) is 6.32 Å². The van der Waals surface area contributed by atoms with E-state index in [1.54, 1.807) is 11.0 Å². The molecule has 152 valence electrons. The highest BCUT2D eigenvalue weighted by Gasteiger charge is 2.34. The molecule has 1 aromatic heterocycles. The van der Waals surface area contributed by atoms with E-state index < -0.39 is 30.5 Å². The zero-order valence-electron chi connectivity index (χ0n) is 15.2. The summed E-state index contributed by atoms with van der Waals surface area (Å²) in [6.45, 7) is 0.603. The maximum atomic E-state index is 11.6. The van der Waals surface area contributed by atoms with Crippen molar-refractivity contribution in [2.24, 2.45) is 5.16 Å². The first-order valence-electron chi connectivity index (χ1n) is 8.76. The summed E-state index contributed by atoms with van der Waals surface area (Å²) in [5, 5.41) is 50.1. The molecule has 1 saturated heterocycles. The third kappa shape index (κ3) is 4.55. The fourth-order valence-corrected chi connectivity index (χ4v) is 2.94. The van der Waals surface area contributed by atoms with Gasteiger partial charge in [0.1, 0.15) is 23.2 Å². The van der Waals surface area contributed by atoms with Crippen LogP contribution in [0.3, 0.4) is 0 Å². The summed E-state index contributed by atoms with van der Waals surface area (Å²) in [5.74, 6) is -1.43. The van der Waals surface area contributed by atoms with E-state index in [2.05, 4.69) is 15.1 Å². The molecular formula is C17H19BN4O7. The third-order valence-corrected chi connectivity index (χ3v) is 4.41. The second-order valence-corrected chi connectivity index (χ2v) is 6.41. The Balaban J connectivity index is 1.70. The number of oxime groups is 1. The maximum absolute atomic E-state index is 11.6. The average molecular weight is 402 g/mol. The number of aromatic carboxylic acids is 1. The Morgan fingerprint density at radius 1 is 1.28 bits per heavy atom. The summed E-state index contributed by atoms with van der Waals surface area (Å²) in [6, 6.07) is 4.53. The van der Waals surface area contributed by atoms with Crippen LogP contribution >= 0.6 is 0 Å². The number of hydrogen-bond acceptors (Lipinski definition) is 9. The zero-order valence-corrected chi connectivity index (χ0v) is 15.2. The quantitative estimate of drug-likeness (QED) is 0.137. The number of carboxylic acids is 1. The Bertz CT molecular complexity index is 904. The molecular weight excluding hydrogens is 383 g/mol. The first kappa shape index (κ1) is 20.4. The van der Waals surface area contributed by atoms with Crippen molar-refractivity contribution in [2.45, 2.75) is 18.8 Å². The molecule has 1 fully saturated rings. The van der Waals surface area contributed by atoms with Crippen LogP contribution in [0.15, 0.2) is 35.7 Å². The van der Waals surface area contributed by atoms with Crippen LogP contribution in [0.1, 0.15) is 21.7 Å². The van der Waals surface area contributed by atoms with E-state index in [-0.39, 0.29) is 35.7 Å². The van der Waals surface area contributed by atoms with E-state index in [4.69, 9.17) is 14.8 Å². The second kappa shape index (κ2) is 8.75. The van der Waals surface area contributed by atoms with Gasteiger partial charge in [0.25, 0.3) is 0 Å². The summed E-state index contributed by atoms with van der Waals surface area (Å²) >= 11 is 0. The van der Waals surface area contributed by atoms with Crippen molar-refractivity contribution in [3.05, 3.63) is 47.5 Å². The number of hydrogen-bond donors (Lipinski definition) is 5. The Morgan fingerprint density at radius 2 is 1.97 bits per heavy atom. The molecule has 0 aliphatic carbocycles. The van der Waals surface area contributed by atoms with Gasteiger partial charge < -0.3 is 35.1 Å². The third-order valence-electron chi connectivity index (χ3n) is 4.41. The molecule has 2 heterocycles. The number of carbonyl (C=O) groups is 1. The fourth-order valence-electron chi connectivity index (χ4n) is 2.94. The van der Waals surface area contributed by atoms with Gasteiger partial charge in [-0.05, 0) is 30.4 Å². The van der Waals surface area contributed by atoms with Gasteiger partial charge in [0.15, 0.2) is 5.82 Å². The highest BCUT2D eigenvalue weighted by atomic mass is 16.5. The molecule has 0 spiro atoms. The van der Waals surface area contributed by atoms with Crippen molar-refractivity contribution in [1.82, 2.24) is 14.9 Å². The van der Waals surface area contributed by atoms with E-state index in [0.717, 1.165) is 0 Å². The van der Waals surface area contributed by atoms with Gasteiger partial charge in [-0.15, -0.1) is 0 Å². The lowest BCUT2D eigenvalue weighted by Crippen LogP contribution is -2.56. The number of aryl methyl sites for hydroxylation is 1. The first-order valence-corrected chi connectivity index (χ1v) is 8.76. The molecule has 5 N–H and O–H groups in total. The van der Waals surface area contributed by atoms with Crippen LogP contribution < -0.4 is 4.74 Å². The minimum absolute atomic E-state index is 0.00797. The number of likely N-dealkylation sites (tertiary alicyclic amines) is 1. The number of aromatic nitrogens is 2. The Morgan fingerprint density at radius 3 is 2.55 bits per heavy atom. The van der Waals surface area contributed by atoms with Crippen molar-refractivity contribution < 1.29 is 35.0 Å². The van der Waals surface area contributed by atoms with Crippen LogP contribution in [-0.4, -0.2) is 78.5 Å². The summed E-state index contributed by atoms with van der Waals surface area (Å²) in [6.07, 6.45) is 2.67. The molecule has 0 unspecified atom stereocenters. The minimum Gasteiger partial charge on any atom is -0.507 e. The number of ether oxygens (including phenoxy) is 1. The molecule has 2 aromatic rings. The van der Waals surface area contributed by atoms with E-state index in [1.807, 2.05) is 0 Å². The van der Waals surface area contributed by atoms with E-state index in [0.29, 0.717) is 13.1 Å². The summed E-state index contributed by atoms with van der Waals surface area (Å²) in [5.41, 5.74) is -0.121. The van der Waals surface area contributed by atoms with Crippen molar-refractivity contribution in [2.75, 3.05) is 13.1 Å². The lowest BCUT2D eigenvalue weighted by Gasteiger charge is -2.40. The SMILES string of the molecule is O=C(O)c1c(OC2CN(/C(=N\O)c3ncccn3)C2)ccc(CCB(O)O)c1O. The Labute approximate surface area is 165 Å². The smallest absolute Gasteiger partial charge is 0.451 e. The number of carboxylic acid groups (broad SMARTS) is 1. The minimum atomic E-state index is -1.56. The van der Waals surface area contributed by atoms with Crippen LogP contribution in [-0.2, 0) is 6.42 Å². The molecule has 1 aliphatic rings. The Hall–Kier alpha value is -3.38. The van der Waals surface area contributed by atoms with E-state index in [1.165, 1.54) is 24.5 Å². The first-order chi connectivity index (χ1) is 13.9. The van der Waals surface area contributed by atoms with Gasteiger partial charge in [0.2, 0.25) is 5.84 Å². The molecule has 29 heavy (non-hydrogen) atoms. The van der Waals surface area contributed by atoms with Gasteiger partial charge in [-0.3, -0.25) is 0 Å². The number of rotatable bonds is 7. The standard InChI is InChI=1S/C17H19BN4O7/c23-14-10(4-5-18(26)27)2-3-12(13(14)17(24)25)29-11-8-22(9-11)16(21-28)15-19-6-1-7-20-15/h1-3,6-7,11,23,26-28H,4-5,8-9H2,(H,24,25)/b21-16-. The predicted molar refractivity (Wildman–Crippen MR) is 100 cm³/mol. The number of nitrogens with zero attached hydrogens (tertiary/aromatic N) is 4. The van der Waals surface area contributed by atoms with Crippen molar-refractivity contribution in [3.8, 4) is 11.5 Å². The number of amidine groups is 1. The van der Waals surface area contributed by atoms with E-state index in [9.17, 15) is 20.2 Å². The van der Waals surface area contributed by atoms with Crippen molar-refractivity contribution in [1.29, 1.82) is 0 Å². The van der Waals surface area contributed by atoms with Crippen molar-refractivity contribution in [3.63, 3.8) is 0 Å². The highest BCUT2D eigenvalue weighted by molar-refractivity contribution is 6.41. The average Bonchev–Trinajstić information content (AvgIpc) is 2.66. The van der Waals surface area contributed by atoms with Gasteiger partial charge in [-0.1, -0.05) is 11.2 Å². The molecule has 1 aromatic carbocycles. The number of aromatic hydroxyl groups is 1. The Kier molecular flexibility index (Phi) is 6.15. The number of benzene rings is 1. The molecule has 0 amide bonds. The second-order valence-electron chi connectivity index (χ2n) is 6.41. The summed E-state index contributed by atoms with van der Waals surface area (Å²) in [4.78, 5) is 21.3. The highest BCUT2D eigenvalue weighted by Crippen LogP contribution is 2.34. The lowest BCUT2D eigenvalue weighted by atomic mass is 9.82. The zero-order chi connectivity index (χ0) is 21.0. The normalized spacial score (nSPS) is 14.4. The predicted octanol–water partition coefficient (Wildman–Crippen LogP) is -0.205. The number of phenols is 1. The van der Waals surface area contributed by atoms with Crippen LogP contribution in [0, 0.1) is 0 Å². The van der Waals surface area contributed by atoms with Crippen LogP contribution in [0.25, 0.3) is 0 Å². The molecule has 12 heteroatoms. The molecule has 11 nitrogen and oxygen atoms in total. The van der Waals surface area contributed by atoms with Gasteiger partial charge in [-0.2, -0.15) is 0 Å². The molecule has 0 saturated carbocycles. The molecule has 1 aliphatic heterocycles. The molecule has 3 rings (SSSR count). The largest absolute Gasteiger partial charge is 0.507 e. The van der Waals surface area contributed by atoms with Crippen molar-refractivity contribution >= 4 is 18.9 Å².